The van der Waals surface area contributed by atoms with Crippen molar-refractivity contribution in [1.82, 2.24) is 0 Å². The molecule has 0 N–H and O–H groups in total. The maximum Gasteiger partial charge on any atom is 0.343 e. The van der Waals surface area contributed by atoms with E-state index >= 15 is 0 Å². The largest absolute Gasteiger partial charge is 0.423 e. The van der Waals surface area contributed by atoms with Crippen molar-refractivity contribution >= 4 is 19.6 Å². The zero-order valence-corrected chi connectivity index (χ0v) is 12.3. The topological polar surface area (TPSA) is 43.4 Å². The summed E-state index contributed by atoms with van der Waals surface area (Å²) in [4.78, 5) is 23.6. The molecule has 1 atom stereocenters. The van der Waals surface area contributed by atoms with Crippen molar-refractivity contribution < 1.29 is 14.3 Å². The summed E-state index contributed by atoms with van der Waals surface area (Å²) in [5.74, 6) is 0.573. The Morgan fingerprint density at radius 3 is 2.45 bits per heavy atom. The van der Waals surface area contributed by atoms with Gasteiger partial charge in [-0.2, -0.15) is 0 Å². The summed E-state index contributed by atoms with van der Waals surface area (Å²) in [6.45, 7) is 0. The summed E-state index contributed by atoms with van der Waals surface area (Å²) in [5, 5.41) is 0. The van der Waals surface area contributed by atoms with Crippen molar-refractivity contribution in [3.63, 3.8) is 0 Å². The highest BCUT2D eigenvalue weighted by molar-refractivity contribution is 6.20. The highest BCUT2D eigenvalue weighted by Gasteiger charge is 2.23. The maximum absolute atomic E-state index is 12.1. The fourth-order valence-electron chi connectivity index (χ4n) is 2.54. The van der Waals surface area contributed by atoms with Crippen LogP contribution in [-0.2, 0) is 9.53 Å². The number of hydrogen-bond acceptors (Lipinski definition) is 3. The van der Waals surface area contributed by atoms with Gasteiger partial charge in [0.2, 0.25) is 0 Å². The van der Waals surface area contributed by atoms with Crippen LogP contribution in [0.3, 0.4) is 0 Å². The maximum atomic E-state index is 12.1. The molecule has 0 aromatic heterocycles. The molecular weight excluding hydrogens is 275 g/mol. The van der Waals surface area contributed by atoms with E-state index in [2.05, 4.69) is 0 Å². The lowest BCUT2D eigenvalue weighted by molar-refractivity contribution is -0.119. The number of benzene rings is 1. The zero-order valence-electron chi connectivity index (χ0n) is 12.3. The van der Waals surface area contributed by atoms with E-state index in [9.17, 15) is 9.59 Å². The van der Waals surface area contributed by atoms with E-state index in [-0.39, 0.29) is 24.0 Å². The predicted octanol–water partition coefficient (Wildman–Crippen LogP) is 3.34. The number of ketones is 1. The molecule has 0 amide bonds. The Bertz CT molecular complexity index is 639. The number of rotatable bonds is 5. The van der Waals surface area contributed by atoms with Gasteiger partial charge < -0.3 is 4.74 Å². The van der Waals surface area contributed by atoms with Gasteiger partial charge in [-0.1, -0.05) is 18.2 Å². The summed E-state index contributed by atoms with van der Waals surface area (Å²) in [7, 11) is 5.34. The third-order valence-electron chi connectivity index (χ3n) is 4.09. The second-order valence-corrected chi connectivity index (χ2v) is 5.76. The van der Waals surface area contributed by atoms with Crippen LogP contribution in [0.25, 0.3) is 0 Å². The summed E-state index contributed by atoms with van der Waals surface area (Å²) >= 11 is 0. The smallest absolute Gasteiger partial charge is 0.343 e. The molecular formula is C18H17BO3. The minimum atomic E-state index is -0.373. The van der Waals surface area contributed by atoms with Gasteiger partial charge in [0.25, 0.3) is 0 Å². The van der Waals surface area contributed by atoms with Gasteiger partial charge in [0.15, 0.2) is 0 Å². The van der Waals surface area contributed by atoms with Gasteiger partial charge in [-0.15, -0.1) is 0 Å². The molecule has 1 saturated carbocycles. The molecule has 0 spiro atoms. The molecule has 1 aromatic rings. The van der Waals surface area contributed by atoms with Crippen LogP contribution in [-0.4, -0.2) is 19.6 Å². The van der Waals surface area contributed by atoms with E-state index < -0.39 is 0 Å². The monoisotopic (exact) mass is 292 g/mol. The van der Waals surface area contributed by atoms with Crippen LogP contribution in [0.1, 0.15) is 41.1 Å². The van der Waals surface area contributed by atoms with Gasteiger partial charge in [0.1, 0.15) is 11.5 Å². The molecule has 2 aliphatic carbocycles. The van der Waals surface area contributed by atoms with Crippen molar-refractivity contribution in [2.75, 3.05) is 0 Å². The second-order valence-electron chi connectivity index (χ2n) is 5.76. The normalized spacial score (nSPS) is 20.4. The highest BCUT2D eigenvalue weighted by Crippen LogP contribution is 2.39. The number of hydrogen-bond donors (Lipinski definition) is 0. The van der Waals surface area contributed by atoms with E-state index in [0.29, 0.717) is 23.7 Å². The third kappa shape index (κ3) is 3.38. The Morgan fingerprint density at radius 1 is 1.18 bits per heavy atom. The van der Waals surface area contributed by atoms with E-state index in [4.69, 9.17) is 12.6 Å². The first-order chi connectivity index (χ1) is 10.7. The van der Waals surface area contributed by atoms with Crippen molar-refractivity contribution in [2.45, 2.75) is 31.5 Å². The lowest BCUT2D eigenvalue weighted by Gasteiger charge is -2.14. The average molecular weight is 292 g/mol. The molecule has 0 saturated heterocycles. The summed E-state index contributed by atoms with van der Waals surface area (Å²) in [6, 6.07) is 7.61. The quantitative estimate of drug-likeness (QED) is 0.617. The lowest BCUT2D eigenvalue weighted by Crippen LogP contribution is -2.14. The highest BCUT2D eigenvalue weighted by atomic mass is 16.5. The number of carbonyl (C=O) groups is 2. The number of ether oxygens (including phenoxy) is 1. The SMILES string of the molecule is [B]CC(=O)C1C=CC(OC(=O)c2ccc(C3CC3)cc2)=CC1. The van der Waals surface area contributed by atoms with Crippen molar-refractivity contribution in [3.05, 3.63) is 59.4 Å². The van der Waals surface area contributed by atoms with E-state index in [0.717, 1.165) is 0 Å². The first kappa shape index (κ1) is 14.8. The van der Waals surface area contributed by atoms with Crippen LogP contribution in [0.2, 0.25) is 6.32 Å². The molecule has 2 radical (unpaired) electrons. The lowest BCUT2D eigenvalue weighted by atomic mass is 9.87. The van der Waals surface area contributed by atoms with Crippen LogP contribution in [0.5, 0.6) is 0 Å². The van der Waals surface area contributed by atoms with Gasteiger partial charge >= 0.3 is 5.97 Å². The number of Topliss-reactive ketones (excluding diaryl/α,β-unsaturated/α-hetero) is 1. The second kappa shape index (κ2) is 6.35. The molecule has 3 nitrogen and oxygen atoms in total. The molecule has 1 fully saturated rings. The molecule has 4 heteroatoms. The Labute approximate surface area is 131 Å². The van der Waals surface area contributed by atoms with Gasteiger partial charge in [-0.25, -0.2) is 4.79 Å². The number of esters is 1. The van der Waals surface area contributed by atoms with Gasteiger partial charge in [0, 0.05) is 5.92 Å². The molecule has 2 aliphatic rings. The van der Waals surface area contributed by atoms with Crippen LogP contribution in [0.15, 0.2) is 48.3 Å². The van der Waals surface area contributed by atoms with Gasteiger partial charge in [-0.3, -0.25) is 4.79 Å². The van der Waals surface area contributed by atoms with Gasteiger partial charge in [0.05, 0.1) is 13.4 Å². The zero-order chi connectivity index (χ0) is 15.5. The number of carbonyl (C=O) groups excluding carboxylic acids is 2. The summed E-state index contributed by atoms with van der Waals surface area (Å²) < 4.78 is 5.35. The fraction of sp³-hybridized carbons (Fsp3) is 0.333. The van der Waals surface area contributed by atoms with Gasteiger partial charge in [-0.05, 0) is 61.3 Å². The minimum absolute atomic E-state index is 0.00598. The van der Waals surface area contributed by atoms with E-state index in [1.54, 1.807) is 18.2 Å². The van der Waals surface area contributed by atoms with Crippen molar-refractivity contribution in [3.8, 4) is 0 Å². The van der Waals surface area contributed by atoms with E-state index in [1.807, 2.05) is 24.3 Å². The Hall–Kier alpha value is -2.10. The molecule has 0 aliphatic heterocycles. The van der Waals surface area contributed by atoms with Crippen LogP contribution >= 0.6 is 0 Å². The number of allylic oxidation sites excluding steroid dienone is 3. The third-order valence-corrected chi connectivity index (χ3v) is 4.09. The molecule has 1 unspecified atom stereocenters. The predicted molar refractivity (Wildman–Crippen MR) is 84.7 cm³/mol. The standard InChI is InChI=1S/C18H17BO3/c19-11-17(20)14-7-9-16(10-8-14)22-18(21)15-5-3-13(4-6-15)12-1-2-12/h3-7,9-10,12,14H,1-2,8,11H2. The Morgan fingerprint density at radius 2 is 1.91 bits per heavy atom. The summed E-state index contributed by atoms with van der Waals surface area (Å²) in [6.07, 6.45) is 8.20. The molecule has 22 heavy (non-hydrogen) atoms. The molecule has 1 aromatic carbocycles. The van der Waals surface area contributed by atoms with Crippen LogP contribution < -0.4 is 0 Å². The average Bonchev–Trinajstić information content (AvgIpc) is 3.40. The minimum Gasteiger partial charge on any atom is -0.423 e. The van der Waals surface area contributed by atoms with Crippen molar-refractivity contribution in [2.24, 2.45) is 5.92 Å². The molecule has 3 rings (SSSR count). The van der Waals surface area contributed by atoms with Crippen LogP contribution in [0, 0.1) is 5.92 Å². The fourth-order valence-corrected chi connectivity index (χ4v) is 2.54. The first-order valence-electron chi connectivity index (χ1n) is 7.60. The Kier molecular flexibility index (Phi) is 4.28. The Balaban J connectivity index is 1.59. The summed E-state index contributed by atoms with van der Waals surface area (Å²) in [5.41, 5.74) is 1.83. The molecule has 0 heterocycles. The van der Waals surface area contributed by atoms with Crippen LogP contribution in [0.4, 0.5) is 0 Å². The molecule has 110 valence electrons. The van der Waals surface area contributed by atoms with E-state index in [1.165, 1.54) is 18.4 Å². The molecule has 0 bridgehead atoms. The van der Waals surface area contributed by atoms with Crippen molar-refractivity contribution in [1.29, 1.82) is 0 Å². The first-order valence-corrected chi connectivity index (χ1v) is 7.60.